The van der Waals surface area contributed by atoms with Crippen LogP contribution in [0.25, 0.3) is 0 Å². The van der Waals surface area contributed by atoms with Crippen molar-refractivity contribution in [2.45, 2.75) is 39.2 Å². The number of ketones is 1. The standard InChI is InChI=1S/C15H20O4/c1-7-4-14(17)12(9(3)15(18)19)5-11-8(2)13(16)6-10(7)11/h7,10,12,14,17H,3-6H2,1-2H3,(H,18,19)/t7-,10+,12-,14-/m0/s1. The second-order valence-corrected chi connectivity index (χ2v) is 5.81. The molecule has 1 saturated carbocycles. The normalized spacial score (nSPS) is 35.0. The van der Waals surface area contributed by atoms with Crippen molar-refractivity contribution in [1.82, 2.24) is 0 Å². The molecule has 0 bridgehead atoms. The van der Waals surface area contributed by atoms with Gasteiger partial charge in [-0.3, -0.25) is 4.79 Å². The zero-order chi connectivity index (χ0) is 14.3. The van der Waals surface area contributed by atoms with Crippen LogP contribution in [0.5, 0.6) is 0 Å². The molecule has 0 aromatic carbocycles. The third-order valence-corrected chi connectivity index (χ3v) is 4.68. The van der Waals surface area contributed by atoms with Crippen LogP contribution in [-0.2, 0) is 9.59 Å². The second-order valence-electron chi connectivity index (χ2n) is 5.81. The van der Waals surface area contributed by atoms with Gasteiger partial charge in [-0.25, -0.2) is 4.79 Å². The molecule has 4 atom stereocenters. The molecule has 0 amide bonds. The summed E-state index contributed by atoms with van der Waals surface area (Å²) in [6, 6.07) is 0. The van der Waals surface area contributed by atoms with Crippen molar-refractivity contribution >= 4 is 11.8 Å². The molecule has 0 unspecified atom stereocenters. The summed E-state index contributed by atoms with van der Waals surface area (Å²) in [4.78, 5) is 22.9. The minimum atomic E-state index is -1.07. The summed E-state index contributed by atoms with van der Waals surface area (Å²) in [5.41, 5.74) is 1.83. The molecule has 104 valence electrons. The molecule has 0 saturated heterocycles. The van der Waals surface area contributed by atoms with Gasteiger partial charge in [-0.1, -0.05) is 19.1 Å². The molecule has 19 heavy (non-hydrogen) atoms. The van der Waals surface area contributed by atoms with E-state index < -0.39 is 18.0 Å². The lowest BCUT2D eigenvalue weighted by molar-refractivity contribution is -0.133. The number of hydrogen-bond donors (Lipinski definition) is 2. The van der Waals surface area contributed by atoms with Gasteiger partial charge in [0.1, 0.15) is 0 Å². The SMILES string of the molecule is C=C(C(=O)O)[C@@H]1CC2=C(C)C(=O)C[C@@H]2[C@@H](C)C[C@@H]1O. The lowest BCUT2D eigenvalue weighted by Crippen LogP contribution is -2.25. The number of carboxylic acid groups (broad SMARTS) is 1. The van der Waals surface area contributed by atoms with Crippen LogP contribution in [0.1, 0.15) is 33.1 Å². The summed E-state index contributed by atoms with van der Waals surface area (Å²) in [5, 5.41) is 19.3. The fourth-order valence-corrected chi connectivity index (χ4v) is 3.38. The van der Waals surface area contributed by atoms with Crippen LogP contribution in [0.3, 0.4) is 0 Å². The first-order chi connectivity index (χ1) is 8.82. The van der Waals surface area contributed by atoms with E-state index in [0.29, 0.717) is 19.3 Å². The van der Waals surface area contributed by atoms with Crippen LogP contribution in [-0.4, -0.2) is 28.1 Å². The van der Waals surface area contributed by atoms with Crippen LogP contribution in [0.2, 0.25) is 0 Å². The molecule has 0 spiro atoms. The molecule has 2 aliphatic rings. The quantitative estimate of drug-likeness (QED) is 0.747. The molecule has 0 aromatic heterocycles. The minimum absolute atomic E-state index is 0.0417. The lowest BCUT2D eigenvalue weighted by Gasteiger charge is -2.21. The van der Waals surface area contributed by atoms with E-state index in [4.69, 9.17) is 5.11 Å². The van der Waals surface area contributed by atoms with Gasteiger partial charge in [0.15, 0.2) is 5.78 Å². The molecule has 2 aliphatic carbocycles. The van der Waals surface area contributed by atoms with E-state index in [2.05, 4.69) is 6.58 Å². The monoisotopic (exact) mass is 264 g/mol. The number of carboxylic acids is 1. The van der Waals surface area contributed by atoms with Gasteiger partial charge in [-0.15, -0.1) is 0 Å². The van der Waals surface area contributed by atoms with Crippen molar-refractivity contribution < 1.29 is 19.8 Å². The molecule has 2 rings (SSSR count). The maximum Gasteiger partial charge on any atom is 0.331 e. The highest BCUT2D eigenvalue weighted by Gasteiger charge is 2.41. The van der Waals surface area contributed by atoms with Gasteiger partial charge in [0.05, 0.1) is 6.10 Å². The summed E-state index contributed by atoms with van der Waals surface area (Å²) in [5.74, 6) is -1.05. The molecule has 1 fully saturated rings. The molecule has 0 radical (unpaired) electrons. The smallest absolute Gasteiger partial charge is 0.331 e. The Morgan fingerprint density at radius 3 is 2.58 bits per heavy atom. The Balaban J connectivity index is 2.37. The Labute approximate surface area is 112 Å². The van der Waals surface area contributed by atoms with E-state index in [-0.39, 0.29) is 23.2 Å². The summed E-state index contributed by atoms with van der Waals surface area (Å²) < 4.78 is 0. The molecule has 2 N–H and O–H groups in total. The summed E-state index contributed by atoms with van der Waals surface area (Å²) in [6.07, 6.45) is 0.769. The van der Waals surface area contributed by atoms with Gasteiger partial charge >= 0.3 is 5.97 Å². The van der Waals surface area contributed by atoms with Crippen molar-refractivity contribution in [2.24, 2.45) is 17.8 Å². The Kier molecular flexibility index (Phi) is 3.63. The van der Waals surface area contributed by atoms with E-state index in [1.165, 1.54) is 0 Å². The molecule has 0 aliphatic heterocycles. The minimum Gasteiger partial charge on any atom is -0.478 e. The van der Waals surface area contributed by atoms with Crippen molar-refractivity contribution in [3.63, 3.8) is 0 Å². The summed E-state index contributed by atoms with van der Waals surface area (Å²) in [7, 11) is 0. The van der Waals surface area contributed by atoms with Gasteiger partial charge in [0, 0.05) is 17.9 Å². The van der Waals surface area contributed by atoms with E-state index >= 15 is 0 Å². The fraction of sp³-hybridized carbons (Fsp3) is 0.600. The van der Waals surface area contributed by atoms with E-state index in [0.717, 1.165) is 11.1 Å². The number of carbonyl (C=O) groups is 2. The Morgan fingerprint density at radius 2 is 2.00 bits per heavy atom. The number of fused-ring (bicyclic) bond motifs is 1. The van der Waals surface area contributed by atoms with Crippen LogP contribution in [0.4, 0.5) is 0 Å². The number of aliphatic hydroxyl groups is 1. The Bertz CT molecular complexity index is 475. The molecule has 0 aromatic rings. The molecule has 0 heterocycles. The third-order valence-electron chi connectivity index (χ3n) is 4.68. The zero-order valence-electron chi connectivity index (χ0n) is 11.3. The van der Waals surface area contributed by atoms with Crippen LogP contribution in [0, 0.1) is 17.8 Å². The first-order valence-electron chi connectivity index (χ1n) is 6.66. The average molecular weight is 264 g/mol. The van der Waals surface area contributed by atoms with Crippen molar-refractivity contribution in [3.05, 3.63) is 23.3 Å². The maximum absolute atomic E-state index is 11.8. The van der Waals surface area contributed by atoms with Gasteiger partial charge in [0.2, 0.25) is 0 Å². The highest BCUT2D eigenvalue weighted by atomic mass is 16.4. The fourth-order valence-electron chi connectivity index (χ4n) is 3.38. The van der Waals surface area contributed by atoms with E-state index in [9.17, 15) is 14.7 Å². The topological polar surface area (TPSA) is 74.6 Å². The largest absolute Gasteiger partial charge is 0.478 e. The number of carbonyl (C=O) groups excluding carboxylic acids is 1. The molecule has 4 nitrogen and oxygen atoms in total. The van der Waals surface area contributed by atoms with E-state index in [1.54, 1.807) is 0 Å². The van der Waals surface area contributed by atoms with Crippen LogP contribution in [0.15, 0.2) is 23.3 Å². The third kappa shape index (κ3) is 2.37. The molecule has 4 heteroatoms. The van der Waals surface area contributed by atoms with Crippen LogP contribution >= 0.6 is 0 Å². The summed E-state index contributed by atoms with van der Waals surface area (Å²) in [6.45, 7) is 7.41. The zero-order valence-corrected chi connectivity index (χ0v) is 11.3. The highest BCUT2D eigenvalue weighted by Crippen LogP contribution is 2.45. The van der Waals surface area contributed by atoms with Crippen molar-refractivity contribution in [1.29, 1.82) is 0 Å². The number of hydrogen-bond acceptors (Lipinski definition) is 3. The van der Waals surface area contributed by atoms with Crippen molar-refractivity contribution in [2.75, 3.05) is 0 Å². The van der Waals surface area contributed by atoms with Gasteiger partial charge in [-0.05, 0) is 37.2 Å². The lowest BCUT2D eigenvalue weighted by atomic mass is 9.86. The average Bonchev–Trinajstić information content (AvgIpc) is 2.54. The Morgan fingerprint density at radius 1 is 1.37 bits per heavy atom. The van der Waals surface area contributed by atoms with Crippen molar-refractivity contribution in [3.8, 4) is 0 Å². The number of allylic oxidation sites excluding steroid dienone is 2. The second kappa shape index (κ2) is 4.93. The van der Waals surface area contributed by atoms with Gasteiger partial charge < -0.3 is 10.2 Å². The number of aliphatic hydroxyl groups excluding tert-OH is 1. The number of aliphatic carboxylic acids is 1. The predicted molar refractivity (Wildman–Crippen MR) is 70.5 cm³/mol. The van der Waals surface area contributed by atoms with Gasteiger partial charge in [-0.2, -0.15) is 0 Å². The molecular formula is C15H20O4. The highest BCUT2D eigenvalue weighted by molar-refractivity contribution is 5.98. The number of Topliss-reactive ketones (excluding diaryl/α,β-unsaturated/α-hetero) is 1. The van der Waals surface area contributed by atoms with E-state index in [1.807, 2.05) is 13.8 Å². The Hall–Kier alpha value is -1.42. The first-order valence-corrected chi connectivity index (χ1v) is 6.66. The predicted octanol–water partition coefficient (Wildman–Crippen LogP) is 1.94. The first kappa shape index (κ1) is 14.0. The van der Waals surface area contributed by atoms with Gasteiger partial charge in [0.25, 0.3) is 0 Å². The maximum atomic E-state index is 11.8. The van der Waals surface area contributed by atoms with Crippen LogP contribution < -0.4 is 0 Å². The molecular weight excluding hydrogens is 244 g/mol. The number of rotatable bonds is 2. The summed E-state index contributed by atoms with van der Waals surface area (Å²) >= 11 is 0.